The monoisotopic (exact) mass is 726 g/mol. The van der Waals surface area contributed by atoms with E-state index in [4.69, 9.17) is 14.2 Å². The van der Waals surface area contributed by atoms with Crippen LogP contribution in [-0.2, 0) is 23.8 Å². The van der Waals surface area contributed by atoms with Gasteiger partial charge in [0, 0.05) is 13.2 Å². The van der Waals surface area contributed by atoms with Gasteiger partial charge in [0.2, 0.25) is 0 Å². The van der Waals surface area contributed by atoms with Crippen molar-refractivity contribution >= 4 is 11.9 Å². The lowest BCUT2D eigenvalue weighted by Gasteiger charge is -2.21. The molecule has 0 saturated carbocycles. The van der Waals surface area contributed by atoms with Crippen molar-refractivity contribution in [2.45, 2.75) is 207 Å². The molecule has 0 aromatic rings. The maximum atomic E-state index is 13.0. The molecule has 0 fully saturated rings. The summed E-state index contributed by atoms with van der Waals surface area (Å²) in [4.78, 5) is 27.5. The number of ether oxygens (including phenoxy) is 3. The summed E-state index contributed by atoms with van der Waals surface area (Å²) in [5.41, 5.74) is 0. The fourth-order valence-corrected chi connectivity index (χ4v) is 6.70. The summed E-state index contributed by atoms with van der Waals surface area (Å²) in [6, 6.07) is 0. The van der Waals surface area contributed by atoms with E-state index in [-0.39, 0.29) is 30.4 Å². The van der Waals surface area contributed by atoms with E-state index in [1.807, 2.05) is 6.92 Å². The minimum Gasteiger partial charge on any atom is -0.465 e. The third-order valence-corrected chi connectivity index (χ3v) is 10.2. The van der Waals surface area contributed by atoms with Gasteiger partial charge in [-0.2, -0.15) is 0 Å². The molecular formula is C44H87NO6. The van der Waals surface area contributed by atoms with Gasteiger partial charge in [-0.1, -0.05) is 156 Å². The van der Waals surface area contributed by atoms with E-state index >= 15 is 0 Å². The van der Waals surface area contributed by atoms with Crippen LogP contribution in [0.2, 0.25) is 0 Å². The number of hydrogen-bond acceptors (Lipinski definition) is 7. The molecule has 0 amide bonds. The number of unbranched alkanes of at least 4 members (excludes halogenated alkanes) is 21. The summed E-state index contributed by atoms with van der Waals surface area (Å²) in [5.74, 6) is -0.198. The van der Waals surface area contributed by atoms with Crippen LogP contribution in [-0.4, -0.2) is 74.6 Å². The topological polar surface area (TPSA) is 85.3 Å². The van der Waals surface area contributed by atoms with Crippen LogP contribution in [0.1, 0.15) is 207 Å². The number of esters is 2. The van der Waals surface area contributed by atoms with Crippen molar-refractivity contribution in [1.82, 2.24) is 4.90 Å². The second-order valence-electron chi connectivity index (χ2n) is 15.3. The first-order valence-corrected chi connectivity index (χ1v) is 22.2. The van der Waals surface area contributed by atoms with Crippen molar-refractivity contribution in [2.24, 2.45) is 11.8 Å². The van der Waals surface area contributed by atoms with Gasteiger partial charge < -0.3 is 24.2 Å². The number of carbonyl (C=O) groups excluding carboxylic acids is 2. The highest BCUT2D eigenvalue weighted by atomic mass is 16.5. The number of aliphatic hydroxyl groups excluding tert-OH is 1. The van der Waals surface area contributed by atoms with Gasteiger partial charge >= 0.3 is 11.9 Å². The molecule has 7 nitrogen and oxygen atoms in total. The number of rotatable bonds is 41. The Morgan fingerprint density at radius 3 is 1.37 bits per heavy atom. The van der Waals surface area contributed by atoms with Crippen molar-refractivity contribution in [1.29, 1.82) is 0 Å². The standard InChI is InChI=1S/C44H87NO6/c1-5-8-11-14-18-24-31-42(32-25-19-15-12-9-6-2)44(48)51-39-30-23-17-21-27-34-45(35-36-46)33-26-20-16-22-29-38-50-43(47)41(4)40-49-37-28-13-10-7-3/h41-42,46H,5-40H2,1-4H3. The predicted molar refractivity (Wildman–Crippen MR) is 215 cm³/mol. The first-order chi connectivity index (χ1) is 25.0. The molecule has 0 aromatic carbocycles. The molecule has 51 heavy (non-hydrogen) atoms. The van der Waals surface area contributed by atoms with Crippen molar-refractivity contribution < 1.29 is 28.9 Å². The minimum absolute atomic E-state index is 0.0550. The van der Waals surface area contributed by atoms with Gasteiger partial charge in [0.1, 0.15) is 0 Å². The second kappa shape index (κ2) is 40.0. The van der Waals surface area contributed by atoms with Crippen LogP contribution in [0.5, 0.6) is 0 Å². The highest BCUT2D eigenvalue weighted by Crippen LogP contribution is 2.21. The van der Waals surface area contributed by atoms with Crippen LogP contribution in [0.15, 0.2) is 0 Å². The summed E-state index contributed by atoms with van der Waals surface area (Å²) < 4.78 is 16.9. The maximum Gasteiger partial charge on any atom is 0.310 e. The van der Waals surface area contributed by atoms with E-state index < -0.39 is 0 Å². The number of carbonyl (C=O) groups is 2. The highest BCUT2D eigenvalue weighted by molar-refractivity contribution is 5.72. The molecule has 0 aliphatic carbocycles. The fraction of sp³-hybridized carbons (Fsp3) is 0.955. The molecule has 0 rings (SSSR count). The molecule has 0 aromatic heterocycles. The van der Waals surface area contributed by atoms with Crippen molar-refractivity contribution in [2.75, 3.05) is 52.7 Å². The number of nitrogens with zero attached hydrogens (tertiary/aromatic N) is 1. The predicted octanol–water partition coefficient (Wildman–Crippen LogP) is 11.6. The highest BCUT2D eigenvalue weighted by Gasteiger charge is 2.19. The average molecular weight is 726 g/mol. The SMILES string of the molecule is CCCCCCCCC(CCCCCCCC)C(=O)OCCCCCCCN(CCO)CCCCCCCOC(=O)C(C)COCCCCCC. The summed E-state index contributed by atoms with van der Waals surface area (Å²) >= 11 is 0. The molecule has 0 saturated heterocycles. The Kier molecular flexibility index (Phi) is 39.1. The smallest absolute Gasteiger partial charge is 0.310 e. The number of aliphatic hydroxyl groups is 1. The molecule has 0 heterocycles. The molecule has 1 unspecified atom stereocenters. The van der Waals surface area contributed by atoms with Crippen LogP contribution >= 0.6 is 0 Å². The van der Waals surface area contributed by atoms with Gasteiger partial charge in [-0.05, 0) is 65.0 Å². The van der Waals surface area contributed by atoms with Crippen molar-refractivity contribution in [3.8, 4) is 0 Å². The summed E-state index contributed by atoms with van der Waals surface area (Å²) in [6.45, 7) is 13.8. The van der Waals surface area contributed by atoms with E-state index in [0.29, 0.717) is 19.8 Å². The summed E-state index contributed by atoms with van der Waals surface area (Å²) in [7, 11) is 0. The first kappa shape index (κ1) is 49.8. The molecule has 0 spiro atoms. The molecule has 0 aliphatic heterocycles. The van der Waals surface area contributed by atoms with Gasteiger partial charge in [-0.25, -0.2) is 0 Å². The van der Waals surface area contributed by atoms with Crippen LogP contribution in [0.4, 0.5) is 0 Å². The zero-order valence-corrected chi connectivity index (χ0v) is 34.5. The number of hydrogen-bond donors (Lipinski definition) is 1. The second-order valence-corrected chi connectivity index (χ2v) is 15.3. The molecule has 0 bridgehead atoms. The van der Waals surface area contributed by atoms with E-state index in [9.17, 15) is 14.7 Å². The Morgan fingerprint density at radius 1 is 0.490 bits per heavy atom. The molecule has 1 N–H and O–H groups in total. The Morgan fingerprint density at radius 2 is 0.882 bits per heavy atom. The molecule has 7 heteroatoms. The van der Waals surface area contributed by atoms with Crippen molar-refractivity contribution in [3.05, 3.63) is 0 Å². The van der Waals surface area contributed by atoms with Crippen molar-refractivity contribution in [3.63, 3.8) is 0 Å². The summed E-state index contributed by atoms with van der Waals surface area (Å²) in [5, 5.41) is 9.55. The van der Waals surface area contributed by atoms with E-state index in [1.54, 1.807) is 0 Å². The lowest BCUT2D eigenvalue weighted by molar-refractivity contribution is -0.150. The maximum absolute atomic E-state index is 13.0. The molecule has 304 valence electrons. The quantitative estimate of drug-likeness (QED) is 0.0496. The third-order valence-electron chi connectivity index (χ3n) is 10.2. The van der Waals surface area contributed by atoms with Gasteiger partial charge in [0.25, 0.3) is 0 Å². The Balaban J connectivity index is 3.98. The Labute approximate surface area is 317 Å². The van der Waals surface area contributed by atoms with Crippen LogP contribution in [0, 0.1) is 11.8 Å². The third kappa shape index (κ3) is 34.3. The zero-order valence-electron chi connectivity index (χ0n) is 34.5. The van der Waals surface area contributed by atoms with Crippen LogP contribution < -0.4 is 0 Å². The minimum atomic E-state index is -0.199. The lowest BCUT2D eigenvalue weighted by Crippen LogP contribution is -2.29. The van der Waals surface area contributed by atoms with Crippen LogP contribution in [0.3, 0.4) is 0 Å². The lowest BCUT2D eigenvalue weighted by atomic mass is 9.94. The van der Waals surface area contributed by atoms with E-state index in [2.05, 4.69) is 25.7 Å². The van der Waals surface area contributed by atoms with Gasteiger partial charge in [-0.15, -0.1) is 0 Å². The van der Waals surface area contributed by atoms with Gasteiger partial charge in [0.05, 0.1) is 38.3 Å². The first-order valence-electron chi connectivity index (χ1n) is 22.2. The fourth-order valence-electron chi connectivity index (χ4n) is 6.70. The average Bonchev–Trinajstić information content (AvgIpc) is 3.13. The van der Waals surface area contributed by atoms with Gasteiger partial charge in [-0.3, -0.25) is 9.59 Å². The van der Waals surface area contributed by atoms with E-state index in [0.717, 1.165) is 110 Å². The van der Waals surface area contributed by atoms with Crippen LogP contribution in [0.25, 0.3) is 0 Å². The zero-order chi connectivity index (χ0) is 37.5. The van der Waals surface area contributed by atoms with E-state index in [1.165, 1.54) is 96.3 Å². The Bertz CT molecular complexity index is 718. The molecular weight excluding hydrogens is 638 g/mol. The Hall–Kier alpha value is -1.18. The van der Waals surface area contributed by atoms with Gasteiger partial charge in [0.15, 0.2) is 0 Å². The molecule has 1 atom stereocenters. The normalized spacial score (nSPS) is 12.2. The summed E-state index contributed by atoms with van der Waals surface area (Å²) in [6.07, 6.45) is 32.9. The largest absolute Gasteiger partial charge is 0.465 e. The molecule has 0 radical (unpaired) electrons. The molecule has 0 aliphatic rings.